The number of aromatic amines is 1. The summed E-state index contributed by atoms with van der Waals surface area (Å²) >= 11 is 0. The Kier molecular flexibility index (Phi) is 2.06. The van der Waals surface area contributed by atoms with E-state index in [9.17, 15) is 26.7 Å². The average Bonchev–Trinajstić information content (AvgIpc) is 2.60. The molecule has 1 unspecified atom stereocenters. The number of carbonyl (C=O) groups is 1. The van der Waals surface area contributed by atoms with Crippen LogP contribution in [-0.2, 0) is 16.4 Å². The molecular formula is C8H5F5N2O2. The van der Waals surface area contributed by atoms with E-state index >= 15 is 0 Å². The molecule has 1 aliphatic carbocycles. The molecule has 0 amide bonds. The van der Waals surface area contributed by atoms with Gasteiger partial charge in [0.15, 0.2) is 5.41 Å². The highest BCUT2D eigenvalue weighted by atomic mass is 19.4. The van der Waals surface area contributed by atoms with Crippen molar-refractivity contribution >= 4 is 5.97 Å². The Balaban J connectivity index is 2.56. The minimum atomic E-state index is -4.95. The monoisotopic (exact) mass is 256 g/mol. The zero-order valence-corrected chi connectivity index (χ0v) is 7.98. The second-order valence-electron chi connectivity index (χ2n) is 3.75. The van der Waals surface area contributed by atoms with Crippen molar-refractivity contribution in [1.29, 1.82) is 0 Å². The van der Waals surface area contributed by atoms with E-state index in [1.165, 1.54) is 5.10 Å². The van der Waals surface area contributed by atoms with Gasteiger partial charge < -0.3 is 5.11 Å². The topological polar surface area (TPSA) is 66.0 Å². The molecule has 2 rings (SSSR count). The van der Waals surface area contributed by atoms with Gasteiger partial charge in [0, 0.05) is 12.0 Å². The van der Waals surface area contributed by atoms with Crippen LogP contribution in [0.25, 0.3) is 0 Å². The van der Waals surface area contributed by atoms with Crippen LogP contribution in [0.3, 0.4) is 0 Å². The van der Waals surface area contributed by atoms with E-state index < -0.39 is 41.2 Å². The Hall–Kier alpha value is -1.67. The molecule has 0 saturated heterocycles. The Morgan fingerprint density at radius 3 is 2.35 bits per heavy atom. The summed E-state index contributed by atoms with van der Waals surface area (Å²) in [5.41, 5.74) is -5.38. The number of nitrogens with one attached hydrogen (secondary N) is 1. The number of alkyl halides is 5. The van der Waals surface area contributed by atoms with Crippen LogP contribution >= 0.6 is 0 Å². The molecular weight excluding hydrogens is 251 g/mol. The number of aliphatic carboxylic acids is 1. The van der Waals surface area contributed by atoms with Crippen molar-refractivity contribution in [2.45, 2.75) is 23.9 Å². The molecule has 1 atom stereocenters. The molecule has 1 aromatic rings. The van der Waals surface area contributed by atoms with E-state index in [0.29, 0.717) is 6.20 Å². The fraction of sp³-hybridized carbons (Fsp3) is 0.500. The first-order valence-corrected chi connectivity index (χ1v) is 4.35. The van der Waals surface area contributed by atoms with E-state index in [0.717, 1.165) is 0 Å². The zero-order valence-electron chi connectivity index (χ0n) is 7.98. The van der Waals surface area contributed by atoms with Gasteiger partial charge in [0.25, 0.3) is 5.92 Å². The van der Waals surface area contributed by atoms with Gasteiger partial charge in [-0.3, -0.25) is 9.89 Å². The molecule has 0 spiro atoms. The Morgan fingerprint density at radius 2 is 2.00 bits per heavy atom. The highest BCUT2D eigenvalue weighted by molar-refractivity contribution is 5.88. The number of H-pyrrole nitrogens is 1. The van der Waals surface area contributed by atoms with Gasteiger partial charge in [0.05, 0.1) is 6.20 Å². The number of carboxylic acid groups (broad SMARTS) is 1. The van der Waals surface area contributed by atoms with E-state index in [1.807, 2.05) is 0 Å². The Labute approximate surface area is 90.4 Å². The normalized spacial score (nSPS) is 26.9. The van der Waals surface area contributed by atoms with Crippen LogP contribution in [0.1, 0.15) is 17.7 Å². The van der Waals surface area contributed by atoms with Crippen LogP contribution in [0.4, 0.5) is 22.0 Å². The summed E-state index contributed by atoms with van der Waals surface area (Å²) in [5.74, 6) is -5.68. The van der Waals surface area contributed by atoms with Gasteiger partial charge in [-0.25, -0.2) is 8.78 Å². The Bertz CT molecular complexity index is 481. The maximum Gasteiger partial charge on any atom is 0.433 e. The molecule has 1 saturated carbocycles. The minimum absolute atomic E-state index is 0.484. The lowest BCUT2D eigenvalue weighted by atomic mass is 9.95. The molecule has 2 N–H and O–H groups in total. The average molecular weight is 256 g/mol. The molecule has 94 valence electrons. The molecule has 0 aromatic carbocycles. The third kappa shape index (κ3) is 1.41. The third-order valence-corrected chi connectivity index (χ3v) is 2.73. The van der Waals surface area contributed by atoms with Gasteiger partial charge in [-0.2, -0.15) is 18.3 Å². The highest BCUT2D eigenvalue weighted by Crippen LogP contribution is 2.63. The van der Waals surface area contributed by atoms with Crippen LogP contribution in [0.15, 0.2) is 6.20 Å². The fourth-order valence-corrected chi connectivity index (χ4v) is 1.75. The lowest BCUT2D eigenvalue weighted by Gasteiger charge is -2.13. The van der Waals surface area contributed by atoms with Crippen molar-refractivity contribution in [1.82, 2.24) is 10.2 Å². The lowest BCUT2D eigenvalue weighted by molar-refractivity contribution is -0.146. The number of hydrogen-bond acceptors (Lipinski definition) is 2. The van der Waals surface area contributed by atoms with Gasteiger partial charge in [0.1, 0.15) is 5.69 Å². The molecule has 4 nitrogen and oxygen atoms in total. The van der Waals surface area contributed by atoms with Crippen molar-refractivity contribution in [2.75, 3.05) is 0 Å². The van der Waals surface area contributed by atoms with E-state index in [-0.39, 0.29) is 0 Å². The van der Waals surface area contributed by atoms with Gasteiger partial charge in [-0.15, -0.1) is 0 Å². The molecule has 1 heterocycles. The maximum absolute atomic E-state index is 13.0. The number of hydrogen-bond donors (Lipinski definition) is 2. The Morgan fingerprint density at radius 1 is 1.47 bits per heavy atom. The van der Waals surface area contributed by atoms with Crippen molar-refractivity contribution in [3.8, 4) is 0 Å². The van der Waals surface area contributed by atoms with Crippen molar-refractivity contribution in [3.05, 3.63) is 17.5 Å². The predicted molar refractivity (Wildman–Crippen MR) is 42.5 cm³/mol. The first-order chi connectivity index (χ1) is 7.63. The quantitative estimate of drug-likeness (QED) is 0.793. The lowest BCUT2D eigenvalue weighted by Crippen LogP contribution is -2.29. The van der Waals surface area contributed by atoms with Gasteiger partial charge >= 0.3 is 12.1 Å². The van der Waals surface area contributed by atoms with Gasteiger partial charge in [0.2, 0.25) is 0 Å². The molecule has 0 aliphatic heterocycles. The summed E-state index contributed by atoms with van der Waals surface area (Å²) in [6.07, 6.45) is -5.62. The number of carboxylic acids is 1. The third-order valence-electron chi connectivity index (χ3n) is 2.73. The van der Waals surface area contributed by atoms with Crippen LogP contribution in [0.5, 0.6) is 0 Å². The number of rotatable bonds is 2. The summed E-state index contributed by atoms with van der Waals surface area (Å²) in [7, 11) is 0. The zero-order chi connectivity index (χ0) is 13.1. The molecule has 1 fully saturated rings. The molecule has 9 heteroatoms. The number of nitrogens with zero attached hydrogens (tertiary/aromatic N) is 1. The van der Waals surface area contributed by atoms with Crippen molar-refractivity contribution in [3.63, 3.8) is 0 Å². The smallest absolute Gasteiger partial charge is 0.433 e. The first kappa shape index (κ1) is 11.8. The SMILES string of the molecule is O=C(O)C1(c2cn[nH]c2C(F)(F)F)CC1(F)F. The maximum atomic E-state index is 13.0. The summed E-state index contributed by atoms with van der Waals surface area (Å²) in [5, 5.41) is 13.2. The fourth-order valence-electron chi connectivity index (χ4n) is 1.75. The second kappa shape index (κ2) is 2.96. The van der Waals surface area contributed by atoms with Crippen LogP contribution in [0, 0.1) is 0 Å². The molecule has 17 heavy (non-hydrogen) atoms. The highest BCUT2D eigenvalue weighted by Gasteiger charge is 2.79. The van der Waals surface area contributed by atoms with Crippen molar-refractivity contribution in [2.24, 2.45) is 0 Å². The standard InChI is InChI=1S/C8H5F5N2O2/c9-7(10)2-6(7,5(16)17)3-1-14-15-4(3)8(11,12)13/h1H,2H2,(H,14,15)(H,16,17). The second-order valence-corrected chi connectivity index (χ2v) is 3.75. The van der Waals surface area contributed by atoms with Gasteiger partial charge in [-0.05, 0) is 0 Å². The van der Waals surface area contributed by atoms with Crippen LogP contribution in [0.2, 0.25) is 0 Å². The summed E-state index contributed by atoms with van der Waals surface area (Å²) < 4.78 is 63.4. The molecule has 0 bridgehead atoms. The first-order valence-electron chi connectivity index (χ1n) is 4.35. The minimum Gasteiger partial charge on any atom is -0.480 e. The van der Waals surface area contributed by atoms with E-state index in [1.54, 1.807) is 0 Å². The summed E-state index contributed by atoms with van der Waals surface area (Å²) in [4.78, 5) is 10.8. The molecule has 0 radical (unpaired) electrons. The molecule has 1 aliphatic rings. The summed E-state index contributed by atoms with van der Waals surface area (Å²) in [6, 6.07) is 0. The van der Waals surface area contributed by atoms with Crippen molar-refractivity contribution < 1.29 is 31.9 Å². The van der Waals surface area contributed by atoms with Gasteiger partial charge in [-0.1, -0.05) is 0 Å². The predicted octanol–water partition coefficient (Wildman–Crippen LogP) is 1.79. The largest absolute Gasteiger partial charge is 0.480 e. The molecule has 1 aromatic heterocycles. The number of halogens is 5. The van der Waals surface area contributed by atoms with E-state index in [4.69, 9.17) is 5.11 Å². The number of aromatic nitrogens is 2. The van der Waals surface area contributed by atoms with E-state index in [2.05, 4.69) is 5.10 Å². The van der Waals surface area contributed by atoms with Crippen LogP contribution < -0.4 is 0 Å². The van der Waals surface area contributed by atoms with Crippen LogP contribution in [-0.4, -0.2) is 27.2 Å². The summed E-state index contributed by atoms with van der Waals surface area (Å²) in [6.45, 7) is 0.